The number of aliphatic hydroxyl groups excluding tert-OH is 2. The highest BCUT2D eigenvalue weighted by molar-refractivity contribution is 6.20. The third-order valence-corrected chi connectivity index (χ3v) is 5.38. The quantitative estimate of drug-likeness (QED) is 0.519. The molecule has 1 heterocycles. The van der Waals surface area contributed by atoms with E-state index < -0.39 is 5.54 Å². The van der Waals surface area contributed by atoms with Crippen LogP contribution in [-0.2, 0) is 13.6 Å². The molecular formula is C22H24N2O2. The molecule has 0 bridgehead atoms. The Morgan fingerprint density at radius 2 is 1.69 bits per heavy atom. The zero-order valence-corrected chi connectivity index (χ0v) is 15.2. The summed E-state index contributed by atoms with van der Waals surface area (Å²) >= 11 is 0. The number of nitrogens with one attached hydrogen (secondary N) is 1. The summed E-state index contributed by atoms with van der Waals surface area (Å²) in [4.78, 5) is 0. The fraction of sp³-hybridized carbons (Fsp3) is 0.273. The molecule has 4 rings (SSSR count). The molecule has 0 amide bonds. The van der Waals surface area contributed by atoms with E-state index in [0.29, 0.717) is 6.54 Å². The van der Waals surface area contributed by atoms with Gasteiger partial charge in [-0.3, -0.25) is 0 Å². The van der Waals surface area contributed by atoms with Gasteiger partial charge in [-0.05, 0) is 41.5 Å². The first-order valence-electron chi connectivity index (χ1n) is 8.92. The minimum absolute atomic E-state index is 0.103. The lowest BCUT2D eigenvalue weighted by molar-refractivity contribution is 0.103. The highest BCUT2D eigenvalue weighted by Gasteiger charge is 2.21. The molecule has 0 aliphatic rings. The molecule has 0 atom stereocenters. The van der Waals surface area contributed by atoms with Gasteiger partial charge in [-0.1, -0.05) is 36.4 Å². The van der Waals surface area contributed by atoms with Gasteiger partial charge in [-0.25, -0.2) is 0 Å². The Morgan fingerprint density at radius 1 is 0.923 bits per heavy atom. The highest BCUT2D eigenvalue weighted by Crippen LogP contribution is 2.34. The molecule has 0 aliphatic carbocycles. The van der Waals surface area contributed by atoms with Crippen LogP contribution < -0.4 is 5.32 Å². The zero-order valence-electron chi connectivity index (χ0n) is 15.2. The second-order valence-corrected chi connectivity index (χ2v) is 7.32. The standard InChI is InChI=1S/C22H24N2O2/c1-22(13-25,14-26)23-12-15-7-9-17-16(11-15)8-10-20-21(17)18-5-3-4-6-19(18)24(20)2/h3-11,23,25-26H,12-14H2,1-2H3. The van der Waals surface area contributed by atoms with Crippen LogP contribution in [-0.4, -0.2) is 33.5 Å². The maximum atomic E-state index is 9.43. The first kappa shape index (κ1) is 17.0. The highest BCUT2D eigenvalue weighted by atomic mass is 16.3. The Bertz CT molecular complexity index is 1090. The van der Waals surface area contributed by atoms with Crippen molar-refractivity contribution < 1.29 is 10.2 Å². The van der Waals surface area contributed by atoms with Crippen LogP contribution >= 0.6 is 0 Å². The summed E-state index contributed by atoms with van der Waals surface area (Å²) in [5.41, 5.74) is 2.93. The van der Waals surface area contributed by atoms with E-state index in [9.17, 15) is 10.2 Å². The molecule has 4 aromatic rings. The predicted molar refractivity (Wildman–Crippen MR) is 107 cm³/mol. The molecule has 3 aromatic carbocycles. The van der Waals surface area contributed by atoms with Gasteiger partial charge in [0, 0.05) is 35.4 Å². The fourth-order valence-electron chi connectivity index (χ4n) is 3.62. The molecule has 0 aliphatic heterocycles. The van der Waals surface area contributed by atoms with Crippen molar-refractivity contribution in [2.24, 2.45) is 7.05 Å². The van der Waals surface area contributed by atoms with Crippen LogP contribution in [0.1, 0.15) is 12.5 Å². The molecular weight excluding hydrogens is 324 g/mol. The molecule has 3 N–H and O–H groups in total. The lowest BCUT2D eigenvalue weighted by atomic mass is 10.0. The molecule has 0 saturated heterocycles. The summed E-state index contributed by atoms with van der Waals surface area (Å²) in [6.45, 7) is 2.20. The molecule has 0 radical (unpaired) electrons. The van der Waals surface area contributed by atoms with Crippen molar-refractivity contribution in [1.82, 2.24) is 9.88 Å². The van der Waals surface area contributed by atoms with E-state index in [1.54, 1.807) is 0 Å². The topological polar surface area (TPSA) is 57.4 Å². The largest absolute Gasteiger partial charge is 0.394 e. The molecule has 134 valence electrons. The van der Waals surface area contributed by atoms with Crippen LogP contribution in [0.25, 0.3) is 32.6 Å². The van der Waals surface area contributed by atoms with E-state index in [4.69, 9.17) is 0 Å². The van der Waals surface area contributed by atoms with Gasteiger partial charge in [0.25, 0.3) is 0 Å². The molecule has 4 nitrogen and oxygen atoms in total. The summed E-state index contributed by atoms with van der Waals surface area (Å²) in [5.74, 6) is 0. The molecule has 0 unspecified atom stereocenters. The van der Waals surface area contributed by atoms with Crippen LogP contribution in [0.4, 0.5) is 0 Å². The Morgan fingerprint density at radius 3 is 2.46 bits per heavy atom. The molecule has 26 heavy (non-hydrogen) atoms. The van der Waals surface area contributed by atoms with E-state index in [0.717, 1.165) is 5.56 Å². The van der Waals surface area contributed by atoms with Crippen molar-refractivity contribution in [2.45, 2.75) is 19.0 Å². The predicted octanol–water partition coefficient (Wildman–Crippen LogP) is 3.32. The second-order valence-electron chi connectivity index (χ2n) is 7.32. The smallest absolute Gasteiger partial charge is 0.0633 e. The van der Waals surface area contributed by atoms with Crippen LogP contribution in [0, 0.1) is 0 Å². The minimum atomic E-state index is -0.672. The number of aliphatic hydroxyl groups is 2. The monoisotopic (exact) mass is 348 g/mol. The number of fused-ring (bicyclic) bond motifs is 5. The molecule has 4 heteroatoms. The summed E-state index contributed by atoms with van der Waals surface area (Å²) in [6.07, 6.45) is 0. The molecule has 0 saturated carbocycles. The summed E-state index contributed by atoms with van der Waals surface area (Å²) in [6, 6.07) is 19.3. The second kappa shape index (κ2) is 6.40. The van der Waals surface area contributed by atoms with Gasteiger partial charge in [-0.15, -0.1) is 0 Å². The number of hydrogen-bond acceptors (Lipinski definition) is 3. The third kappa shape index (κ3) is 2.67. The van der Waals surface area contributed by atoms with Crippen molar-refractivity contribution in [1.29, 1.82) is 0 Å². The minimum Gasteiger partial charge on any atom is -0.394 e. The Hall–Kier alpha value is -2.40. The van der Waals surface area contributed by atoms with Crippen LogP contribution in [0.15, 0.2) is 54.6 Å². The van der Waals surface area contributed by atoms with Crippen molar-refractivity contribution in [2.75, 3.05) is 13.2 Å². The van der Waals surface area contributed by atoms with Crippen LogP contribution in [0.3, 0.4) is 0 Å². The van der Waals surface area contributed by atoms with E-state index >= 15 is 0 Å². The van der Waals surface area contributed by atoms with Gasteiger partial charge in [0.2, 0.25) is 0 Å². The Kier molecular flexibility index (Phi) is 4.19. The first-order valence-corrected chi connectivity index (χ1v) is 8.92. The number of aromatic nitrogens is 1. The van der Waals surface area contributed by atoms with E-state index in [1.807, 2.05) is 6.92 Å². The number of nitrogens with zero attached hydrogens (tertiary/aromatic N) is 1. The maximum absolute atomic E-state index is 9.43. The summed E-state index contributed by atoms with van der Waals surface area (Å²) in [7, 11) is 2.11. The normalized spacial score (nSPS) is 12.5. The van der Waals surface area contributed by atoms with Gasteiger partial charge < -0.3 is 20.1 Å². The van der Waals surface area contributed by atoms with Crippen molar-refractivity contribution >= 4 is 32.6 Å². The van der Waals surface area contributed by atoms with E-state index in [-0.39, 0.29) is 13.2 Å². The Labute approximate surface area is 152 Å². The number of hydrogen-bond donors (Lipinski definition) is 3. The summed E-state index contributed by atoms with van der Waals surface area (Å²) < 4.78 is 2.24. The van der Waals surface area contributed by atoms with Gasteiger partial charge >= 0.3 is 0 Å². The Balaban J connectivity index is 1.80. The van der Waals surface area contributed by atoms with Crippen LogP contribution in [0.5, 0.6) is 0 Å². The van der Waals surface area contributed by atoms with Crippen molar-refractivity contribution in [3.05, 3.63) is 60.2 Å². The maximum Gasteiger partial charge on any atom is 0.0633 e. The zero-order chi connectivity index (χ0) is 18.3. The van der Waals surface area contributed by atoms with Gasteiger partial charge in [0.15, 0.2) is 0 Å². The van der Waals surface area contributed by atoms with Gasteiger partial charge in [0.1, 0.15) is 0 Å². The first-order chi connectivity index (χ1) is 12.6. The molecule has 0 fully saturated rings. The number of rotatable bonds is 5. The van der Waals surface area contributed by atoms with E-state index in [1.165, 1.54) is 32.6 Å². The average molecular weight is 348 g/mol. The lowest BCUT2D eigenvalue weighted by Gasteiger charge is -2.26. The van der Waals surface area contributed by atoms with Crippen molar-refractivity contribution in [3.8, 4) is 0 Å². The van der Waals surface area contributed by atoms with Gasteiger partial charge in [0.05, 0.1) is 18.8 Å². The SMILES string of the molecule is Cn1c2ccccc2c2c3ccc(CNC(C)(CO)CO)cc3ccc21. The lowest BCUT2D eigenvalue weighted by Crippen LogP contribution is -2.48. The number of aryl methyl sites for hydroxylation is 1. The average Bonchev–Trinajstić information content (AvgIpc) is 2.99. The number of para-hydroxylation sites is 1. The third-order valence-electron chi connectivity index (χ3n) is 5.38. The molecule has 0 spiro atoms. The van der Waals surface area contributed by atoms with Gasteiger partial charge in [-0.2, -0.15) is 0 Å². The molecule has 1 aromatic heterocycles. The van der Waals surface area contributed by atoms with Crippen molar-refractivity contribution in [3.63, 3.8) is 0 Å². The summed E-state index contributed by atoms with van der Waals surface area (Å²) in [5, 5.41) is 27.1. The van der Waals surface area contributed by atoms with Crippen LogP contribution in [0.2, 0.25) is 0 Å². The van der Waals surface area contributed by atoms with E-state index in [2.05, 4.69) is 71.5 Å². The fourth-order valence-corrected chi connectivity index (χ4v) is 3.62. The number of benzene rings is 3.